The summed E-state index contributed by atoms with van der Waals surface area (Å²) in [7, 11) is 3.49. The summed E-state index contributed by atoms with van der Waals surface area (Å²) in [5, 5.41) is 38.3. The lowest BCUT2D eigenvalue weighted by atomic mass is 9.84. The Kier molecular flexibility index (Phi) is 9.09. The van der Waals surface area contributed by atoms with Crippen LogP contribution in [0.25, 0.3) is 0 Å². The van der Waals surface area contributed by atoms with Crippen LogP contribution in [0.1, 0.15) is 33.1 Å². The zero-order valence-corrected chi connectivity index (χ0v) is 20.0. The van der Waals surface area contributed by atoms with Crippen LogP contribution >= 0.6 is 0 Å². The number of hydrogen-bond donors (Lipinski definition) is 8. The van der Waals surface area contributed by atoms with Gasteiger partial charge in [0.15, 0.2) is 12.6 Å². The third-order valence-electron chi connectivity index (χ3n) is 7.24. The smallest absolute Gasteiger partial charge is 0.185 e. The highest BCUT2D eigenvalue weighted by molar-refractivity contribution is 5.02. The highest BCUT2D eigenvalue weighted by atomic mass is 16.7. The van der Waals surface area contributed by atoms with Crippen LogP contribution in [-0.4, -0.2) is 115 Å². The minimum atomic E-state index is -1.29. The minimum Gasteiger partial charge on any atom is -0.388 e. The molecule has 0 amide bonds. The molecule has 2 heterocycles. The number of hydrogen-bond acceptors (Lipinski definition) is 12. The lowest BCUT2D eigenvalue weighted by Gasteiger charge is -2.48. The van der Waals surface area contributed by atoms with Crippen molar-refractivity contribution in [1.82, 2.24) is 10.6 Å². The zero-order chi connectivity index (χ0) is 24.5. The Morgan fingerprint density at radius 1 is 0.970 bits per heavy atom. The van der Waals surface area contributed by atoms with E-state index in [1.807, 2.05) is 14.0 Å². The van der Waals surface area contributed by atoms with E-state index >= 15 is 0 Å². The summed E-state index contributed by atoms with van der Waals surface area (Å²) in [4.78, 5) is 0. The Morgan fingerprint density at radius 2 is 1.58 bits per heavy atom. The van der Waals surface area contributed by atoms with Gasteiger partial charge < -0.3 is 62.1 Å². The molecule has 33 heavy (non-hydrogen) atoms. The molecule has 0 aromatic heterocycles. The van der Waals surface area contributed by atoms with Crippen molar-refractivity contribution in [2.45, 2.75) is 112 Å². The van der Waals surface area contributed by atoms with Crippen molar-refractivity contribution < 1.29 is 34.3 Å². The molecule has 0 spiro atoms. The molecular weight excluding hydrogens is 434 g/mol. The molecule has 1 unspecified atom stereocenters. The fraction of sp³-hybridized carbons (Fsp3) is 1.00. The van der Waals surface area contributed by atoms with Crippen molar-refractivity contribution in [2.24, 2.45) is 17.2 Å². The molecule has 0 aromatic rings. The monoisotopic (exact) mass is 477 g/mol. The second-order valence-corrected chi connectivity index (χ2v) is 9.91. The first-order chi connectivity index (χ1) is 15.5. The Hall–Kier alpha value is -0.480. The van der Waals surface area contributed by atoms with Gasteiger partial charge in [0.05, 0.1) is 24.8 Å². The van der Waals surface area contributed by atoms with Gasteiger partial charge in [-0.2, -0.15) is 0 Å². The van der Waals surface area contributed by atoms with E-state index in [-0.39, 0.29) is 24.8 Å². The number of nitrogens with two attached hydrogens (primary N) is 3. The Labute approximate surface area is 195 Å². The SMILES string of the molecule is CNC(C)[C@@H]1CC[C@@H](N)[C@@H](O[C@@H]2[C@H](O)[C@@H](O[C@@H]3OC[C@](C)(O)[C@H](NC)[C@H]3O)[C@H](N)C[C@@H]2N)O1. The van der Waals surface area contributed by atoms with Crippen molar-refractivity contribution in [3.8, 4) is 0 Å². The molecule has 0 aromatic carbocycles. The van der Waals surface area contributed by atoms with Gasteiger partial charge in [-0.25, -0.2) is 0 Å². The molecule has 0 radical (unpaired) electrons. The van der Waals surface area contributed by atoms with Crippen molar-refractivity contribution in [1.29, 1.82) is 0 Å². The van der Waals surface area contributed by atoms with Gasteiger partial charge in [0.1, 0.15) is 30.0 Å². The Morgan fingerprint density at radius 3 is 2.15 bits per heavy atom. The normalized spacial score (nSPS) is 50.2. The van der Waals surface area contributed by atoms with Crippen molar-refractivity contribution in [3.63, 3.8) is 0 Å². The van der Waals surface area contributed by atoms with Crippen molar-refractivity contribution in [2.75, 3.05) is 20.7 Å². The summed E-state index contributed by atoms with van der Waals surface area (Å²) in [5.41, 5.74) is 17.5. The second-order valence-electron chi connectivity index (χ2n) is 9.91. The average Bonchev–Trinajstić information content (AvgIpc) is 2.76. The Bertz CT molecular complexity index is 632. The van der Waals surface area contributed by atoms with E-state index in [4.69, 9.17) is 36.1 Å². The molecule has 1 aliphatic carbocycles. The molecule has 3 aliphatic rings. The first-order valence-electron chi connectivity index (χ1n) is 11.8. The predicted octanol–water partition coefficient (Wildman–Crippen LogP) is -3.33. The van der Waals surface area contributed by atoms with Gasteiger partial charge >= 0.3 is 0 Å². The molecule has 12 heteroatoms. The maximum Gasteiger partial charge on any atom is 0.185 e. The van der Waals surface area contributed by atoms with Crippen LogP contribution in [0.2, 0.25) is 0 Å². The highest BCUT2D eigenvalue weighted by Gasteiger charge is 2.50. The molecule has 13 atom stereocenters. The van der Waals surface area contributed by atoms with Gasteiger partial charge in [0.25, 0.3) is 0 Å². The average molecular weight is 478 g/mol. The first-order valence-corrected chi connectivity index (χ1v) is 11.8. The minimum absolute atomic E-state index is 0.0620. The molecule has 12 nitrogen and oxygen atoms in total. The van der Waals surface area contributed by atoms with Crippen molar-refractivity contribution >= 4 is 0 Å². The van der Waals surface area contributed by atoms with Crippen LogP contribution in [0.5, 0.6) is 0 Å². The van der Waals surface area contributed by atoms with E-state index < -0.39 is 60.7 Å². The molecule has 11 N–H and O–H groups in total. The first kappa shape index (κ1) is 27.1. The van der Waals surface area contributed by atoms with Gasteiger partial charge in [-0.3, -0.25) is 0 Å². The second kappa shape index (κ2) is 11.1. The maximum atomic E-state index is 11.1. The summed E-state index contributed by atoms with van der Waals surface area (Å²) in [5.74, 6) is 0. The van der Waals surface area contributed by atoms with Crippen LogP contribution in [-0.2, 0) is 18.9 Å². The van der Waals surface area contributed by atoms with E-state index in [1.165, 1.54) is 0 Å². The van der Waals surface area contributed by atoms with E-state index in [9.17, 15) is 15.3 Å². The number of aliphatic hydroxyl groups is 3. The number of ether oxygens (including phenoxy) is 4. The lowest BCUT2D eigenvalue weighted by molar-refractivity contribution is -0.307. The van der Waals surface area contributed by atoms with E-state index in [1.54, 1.807) is 14.0 Å². The number of rotatable bonds is 7. The molecular formula is C21H43N5O7. The number of likely N-dealkylation sites (N-methyl/N-ethyl adjacent to an activating group) is 2. The van der Waals surface area contributed by atoms with Gasteiger partial charge in [-0.1, -0.05) is 0 Å². The quantitative estimate of drug-likeness (QED) is 0.182. The fourth-order valence-corrected chi connectivity index (χ4v) is 5.04. The molecule has 0 bridgehead atoms. The highest BCUT2D eigenvalue weighted by Crippen LogP contribution is 2.31. The van der Waals surface area contributed by atoms with Gasteiger partial charge in [0.2, 0.25) is 0 Å². The third-order valence-corrected chi connectivity index (χ3v) is 7.24. The maximum absolute atomic E-state index is 11.1. The Balaban J connectivity index is 1.68. The topological polar surface area (TPSA) is 200 Å². The largest absolute Gasteiger partial charge is 0.388 e. The zero-order valence-electron chi connectivity index (χ0n) is 20.0. The molecule has 3 rings (SSSR count). The predicted molar refractivity (Wildman–Crippen MR) is 120 cm³/mol. The van der Waals surface area contributed by atoms with Crippen LogP contribution in [0.15, 0.2) is 0 Å². The van der Waals surface area contributed by atoms with E-state index in [2.05, 4.69) is 10.6 Å². The number of aliphatic hydroxyl groups excluding tert-OH is 2. The summed E-state index contributed by atoms with van der Waals surface area (Å²) < 4.78 is 23.7. The van der Waals surface area contributed by atoms with Crippen LogP contribution in [0, 0.1) is 0 Å². The standard InChI is InChI=1S/C21H43N5O7/c1-9(25-3)13-6-5-10(22)19(31-13)32-16-11(23)7-12(24)17(14(16)27)33-20-15(28)18(26-4)21(2,29)8-30-20/h9-20,25-29H,5-8,22-24H2,1-4H3/t9?,10-,11+,12-,13+,14+,15-,16+,17+,18-,19-,20+,21+/m1/s1. The van der Waals surface area contributed by atoms with Crippen LogP contribution < -0.4 is 27.8 Å². The summed E-state index contributed by atoms with van der Waals surface area (Å²) in [6.45, 7) is 3.52. The van der Waals surface area contributed by atoms with Crippen LogP contribution in [0.4, 0.5) is 0 Å². The molecule has 3 fully saturated rings. The fourth-order valence-electron chi connectivity index (χ4n) is 5.04. The lowest BCUT2D eigenvalue weighted by Crippen LogP contribution is -2.68. The van der Waals surface area contributed by atoms with Gasteiger partial charge in [-0.15, -0.1) is 0 Å². The summed E-state index contributed by atoms with van der Waals surface area (Å²) >= 11 is 0. The molecule has 2 saturated heterocycles. The molecule has 2 aliphatic heterocycles. The summed E-state index contributed by atoms with van der Waals surface area (Å²) in [6, 6.07) is -2.11. The molecule has 194 valence electrons. The number of nitrogens with one attached hydrogen (secondary N) is 2. The van der Waals surface area contributed by atoms with Gasteiger partial charge in [-0.05, 0) is 47.2 Å². The van der Waals surface area contributed by atoms with Gasteiger partial charge in [0, 0.05) is 18.1 Å². The summed E-state index contributed by atoms with van der Waals surface area (Å²) in [6.07, 6.45) is -4.22. The van der Waals surface area contributed by atoms with E-state index in [0.717, 1.165) is 6.42 Å². The van der Waals surface area contributed by atoms with E-state index in [0.29, 0.717) is 12.8 Å². The molecule has 1 saturated carbocycles. The van der Waals surface area contributed by atoms with Crippen molar-refractivity contribution in [3.05, 3.63) is 0 Å². The van der Waals surface area contributed by atoms with Crippen LogP contribution in [0.3, 0.4) is 0 Å². The third kappa shape index (κ3) is 5.85.